The summed E-state index contributed by atoms with van der Waals surface area (Å²) in [6.45, 7) is 1.94. The zero-order valence-electron chi connectivity index (χ0n) is 9.77. The van der Waals surface area contributed by atoms with Crippen molar-refractivity contribution in [2.45, 2.75) is 31.2 Å². The van der Waals surface area contributed by atoms with Crippen molar-refractivity contribution in [1.29, 1.82) is 0 Å². The van der Waals surface area contributed by atoms with Crippen molar-refractivity contribution in [3.05, 3.63) is 35.9 Å². The third kappa shape index (κ3) is 1.85. The van der Waals surface area contributed by atoms with Crippen molar-refractivity contribution in [3.8, 4) is 0 Å². The molecule has 1 aliphatic heterocycles. The molecule has 0 radical (unpaired) electrons. The summed E-state index contributed by atoms with van der Waals surface area (Å²) in [5.74, 6) is -0.618. The van der Waals surface area contributed by atoms with Gasteiger partial charge < -0.3 is 5.73 Å². The summed E-state index contributed by atoms with van der Waals surface area (Å²) < 4.78 is 0. The van der Waals surface area contributed by atoms with Gasteiger partial charge in [0, 0.05) is 0 Å². The molecular weight excluding hydrogens is 216 g/mol. The lowest BCUT2D eigenvalue weighted by Gasteiger charge is -2.37. The fourth-order valence-electron chi connectivity index (χ4n) is 2.40. The second-order valence-corrected chi connectivity index (χ2v) is 4.43. The second-order valence-electron chi connectivity index (χ2n) is 4.43. The Morgan fingerprint density at radius 3 is 2.59 bits per heavy atom. The van der Waals surface area contributed by atoms with Gasteiger partial charge in [0.15, 0.2) is 0 Å². The van der Waals surface area contributed by atoms with Crippen LogP contribution in [0.4, 0.5) is 0 Å². The summed E-state index contributed by atoms with van der Waals surface area (Å²) in [6, 6.07) is 8.88. The topological polar surface area (TPSA) is 72.2 Å². The van der Waals surface area contributed by atoms with Crippen molar-refractivity contribution in [3.63, 3.8) is 0 Å². The number of carbonyl (C=O) groups excluding carboxylic acids is 2. The lowest BCUT2D eigenvalue weighted by atomic mass is 9.70. The van der Waals surface area contributed by atoms with Crippen LogP contribution in [0.2, 0.25) is 0 Å². The van der Waals surface area contributed by atoms with E-state index in [1.54, 1.807) is 0 Å². The van der Waals surface area contributed by atoms with Crippen LogP contribution in [-0.4, -0.2) is 17.9 Å². The summed E-state index contributed by atoms with van der Waals surface area (Å²) in [4.78, 5) is 23.5. The van der Waals surface area contributed by atoms with Crippen molar-refractivity contribution < 1.29 is 9.59 Å². The van der Waals surface area contributed by atoms with Crippen LogP contribution in [0.1, 0.15) is 25.3 Å². The highest BCUT2D eigenvalue weighted by Crippen LogP contribution is 2.35. The molecule has 1 fully saturated rings. The molecule has 0 unspecified atom stereocenters. The Hall–Kier alpha value is -1.68. The van der Waals surface area contributed by atoms with Crippen LogP contribution in [0.5, 0.6) is 0 Å². The van der Waals surface area contributed by atoms with Gasteiger partial charge in [0.25, 0.3) is 0 Å². The molecule has 0 saturated carbocycles. The predicted molar refractivity (Wildman–Crippen MR) is 64.2 cm³/mol. The summed E-state index contributed by atoms with van der Waals surface area (Å²) in [5.41, 5.74) is 6.01. The molecule has 2 rings (SSSR count). The molecule has 1 aliphatic rings. The van der Waals surface area contributed by atoms with Crippen LogP contribution in [-0.2, 0) is 15.0 Å². The molecule has 0 spiro atoms. The second kappa shape index (κ2) is 4.30. The Bertz CT molecular complexity index is 444. The van der Waals surface area contributed by atoms with Crippen LogP contribution >= 0.6 is 0 Å². The van der Waals surface area contributed by atoms with Gasteiger partial charge in [-0.25, -0.2) is 0 Å². The Kier molecular flexibility index (Phi) is 2.98. The van der Waals surface area contributed by atoms with Gasteiger partial charge in [0.2, 0.25) is 11.8 Å². The van der Waals surface area contributed by atoms with E-state index >= 15 is 0 Å². The van der Waals surface area contributed by atoms with E-state index in [0.717, 1.165) is 5.56 Å². The third-order valence-corrected chi connectivity index (χ3v) is 3.51. The maximum atomic E-state index is 12.1. The quantitative estimate of drug-likeness (QED) is 0.737. The number of piperidine rings is 1. The van der Waals surface area contributed by atoms with E-state index in [9.17, 15) is 9.59 Å². The molecule has 0 aliphatic carbocycles. The first-order valence-electron chi connectivity index (χ1n) is 5.76. The Balaban J connectivity index is 2.44. The summed E-state index contributed by atoms with van der Waals surface area (Å²) in [7, 11) is 0. The maximum Gasteiger partial charge on any atom is 0.243 e. The molecule has 0 aromatic heterocycles. The zero-order valence-corrected chi connectivity index (χ0v) is 9.77. The molecule has 1 saturated heterocycles. The zero-order chi connectivity index (χ0) is 12.5. The van der Waals surface area contributed by atoms with Gasteiger partial charge >= 0.3 is 0 Å². The molecule has 90 valence electrons. The van der Waals surface area contributed by atoms with Gasteiger partial charge in [-0.3, -0.25) is 14.9 Å². The first kappa shape index (κ1) is 11.8. The molecule has 0 bridgehead atoms. The van der Waals surface area contributed by atoms with Crippen LogP contribution in [0.25, 0.3) is 0 Å². The summed E-state index contributed by atoms with van der Waals surface area (Å²) >= 11 is 0. The van der Waals surface area contributed by atoms with E-state index < -0.39 is 11.5 Å². The van der Waals surface area contributed by atoms with E-state index in [1.807, 2.05) is 37.3 Å². The van der Waals surface area contributed by atoms with Gasteiger partial charge in [0.05, 0.1) is 11.5 Å². The van der Waals surface area contributed by atoms with Crippen LogP contribution in [0, 0.1) is 0 Å². The van der Waals surface area contributed by atoms with Crippen LogP contribution in [0.15, 0.2) is 30.3 Å². The standard InChI is InChI=1S/C13H16N2O2/c1-2-13(9-6-4-3-5-7-9)8-10(14)11(16)15-12(13)17/h3-7,10H,2,8,14H2,1H3,(H,15,16,17)/t10-,13+/m1/s1. The molecule has 1 heterocycles. The number of nitrogens with one attached hydrogen (secondary N) is 1. The Labute approximate surface area is 100 Å². The Morgan fingerprint density at radius 2 is 2.00 bits per heavy atom. The van der Waals surface area contributed by atoms with E-state index in [2.05, 4.69) is 5.32 Å². The minimum atomic E-state index is -0.672. The van der Waals surface area contributed by atoms with E-state index in [-0.39, 0.29) is 11.8 Å². The lowest BCUT2D eigenvalue weighted by Crippen LogP contribution is -2.59. The number of nitrogens with two attached hydrogens (primary N) is 1. The van der Waals surface area contributed by atoms with Gasteiger partial charge in [-0.15, -0.1) is 0 Å². The minimum absolute atomic E-state index is 0.238. The molecule has 1 aromatic rings. The van der Waals surface area contributed by atoms with Gasteiger partial charge in [-0.1, -0.05) is 37.3 Å². The molecule has 1 aromatic carbocycles. The number of benzene rings is 1. The van der Waals surface area contributed by atoms with Crippen molar-refractivity contribution in [2.75, 3.05) is 0 Å². The molecular formula is C13H16N2O2. The fourth-order valence-corrected chi connectivity index (χ4v) is 2.40. The number of imide groups is 1. The number of carbonyl (C=O) groups is 2. The molecule has 4 heteroatoms. The number of hydrogen-bond acceptors (Lipinski definition) is 3. The normalized spacial score (nSPS) is 28.9. The maximum absolute atomic E-state index is 12.1. The van der Waals surface area contributed by atoms with Crippen LogP contribution < -0.4 is 11.1 Å². The minimum Gasteiger partial charge on any atom is -0.320 e. The number of rotatable bonds is 2. The smallest absolute Gasteiger partial charge is 0.243 e. The molecule has 4 nitrogen and oxygen atoms in total. The SMILES string of the molecule is CC[C@@]1(c2ccccc2)C[C@@H](N)C(=O)NC1=O. The van der Waals surface area contributed by atoms with Crippen molar-refractivity contribution in [2.24, 2.45) is 5.73 Å². The summed E-state index contributed by atoms with van der Waals surface area (Å²) in [5, 5.41) is 2.37. The first-order valence-corrected chi connectivity index (χ1v) is 5.76. The number of amides is 2. The average molecular weight is 232 g/mol. The van der Waals surface area contributed by atoms with Gasteiger partial charge in [-0.2, -0.15) is 0 Å². The van der Waals surface area contributed by atoms with Gasteiger partial charge in [-0.05, 0) is 18.4 Å². The fraction of sp³-hybridized carbons (Fsp3) is 0.385. The highest BCUT2D eigenvalue weighted by molar-refractivity contribution is 6.05. The lowest BCUT2D eigenvalue weighted by molar-refractivity contribution is -0.139. The monoisotopic (exact) mass is 232 g/mol. The van der Waals surface area contributed by atoms with E-state index in [4.69, 9.17) is 5.73 Å². The Morgan fingerprint density at radius 1 is 1.35 bits per heavy atom. The first-order chi connectivity index (χ1) is 8.10. The number of hydrogen-bond donors (Lipinski definition) is 2. The van der Waals surface area contributed by atoms with E-state index in [1.165, 1.54) is 0 Å². The molecule has 17 heavy (non-hydrogen) atoms. The highest BCUT2D eigenvalue weighted by atomic mass is 16.2. The highest BCUT2D eigenvalue weighted by Gasteiger charge is 2.45. The van der Waals surface area contributed by atoms with Crippen LogP contribution in [0.3, 0.4) is 0 Å². The molecule has 3 N–H and O–H groups in total. The van der Waals surface area contributed by atoms with Gasteiger partial charge in [0.1, 0.15) is 0 Å². The molecule has 2 amide bonds. The van der Waals surface area contributed by atoms with Crippen molar-refractivity contribution in [1.82, 2.24) is 5.32 Å². The van der Waals surface area contributed by atoms with E-state index in [0.29, 0.717) is 12.8 Å². The molecule has 2 atom stereocenters. The van der Waals surface area contributed by atoms with Crippen molar-refractivity contribution >= 4 is 11.8 Å². The summed E-state index contributed by atoms with van der Waals surface area (Å²) in [6.07, 6.45) is 1.00. The largest absolute Gasteiger partial charge is 0.320 e. The third-order valence-electron chi connectivity index (χ3n) is 3.51. The average Bonchev–Trinajstić information content (AvgIpc) is 2.35. The predicted octanol–water partition coefficient (Wildman–Crippen LogP) is 0.708.